The van der Waals surface area contributed by atoms with Crippen molar-refractivity contribution in [2.45, 2.75) is 26.8 Å². The van der Waals surface area contributed by atoms with Crippen LogP contribution in [-0.4, -0.2) is 36.7 Å². The van der Waals surface area contributed by atoms with Gasteiger partial charge in [0.05, 0.1) is 13.0 Å². The molecule has 106 valence electrons. The van der Waals surface area contributed by atoms with Gasteiger partial charge in [0, 0.05) is 13.1 Å². The van der Waals surface area contributed by atoms with Gasteiger partial charge in [-0.25, -0.2) is 0 Å². The van der Waals surface area contributed by atoms with E-state index in [1.807, 2.05) is 24.1 Å². The summed E-state index contributed by atoms with van der Waals surface area (Å²) in [5, 5.41) is 8.90. The van der Waals surface area contributed by atoms with Crippen molar-refractivity contribution < 1.29 is 14.6 Å². The number of carbonyl (C=O) groups is 1. The molecule has 0 saturated carbocycles. The fraction of sp³-hybridized carbons (Fsp3) is 0.533. The third kappa shape index (κ3) is 4.56. The molecule has 4 nitrogen and oxygen atoms in total. The smallest absolute Gasteiger partial charge is 0.307 e. The Morgan fingerprint density at radius 1 is 1.47 bits per heavy atom. The molecule has 4 heteroatoms. The molecule has 0 aliphatic carbocycles. The molecule has 1 aromatic carbocycles. The van der Waals surface area contributed by atoms with E-state index in [1.165, 1.54) is 11.1 Å². The van der Waals surface area contributed by atoms with Crippen LogP contribution in [0.25, 0.3) is 0 Å². The molecule has 1 rings (SSSR count). The molecule has 0 amide bonds. The summed E-state index contributed by atoms with van der Waals surface area (Å²) >= 11 is 0. The molecule has 0 heterocycles. The lowest BCUT2D eigenvalue weighted by Crippen LogP contribution is -2.28. The third-order valence-corrected chi connectivity index (χ3v) is 3.19. The second kappa shape index (κ2) is 7.14. The minimum Gasteiger partial charge on any atom is -0.496 e. The summed E-state index contributed by atoms with van der Waals surface area (Å²) in [4.78, 5) is 12.9. The van der Waals surface area contributed by atoms with Crippen molar-refractivity contribution in [1.82, 2.24) is 4.90 Å². The largest absolute Gasteiger partial charge is 0.496 e. The highest BCUT2D eigenvalue weighted by Crippen LogP contribution is 2.21. The number of benzene rings is 1. The molecule has 1 atom stereocenters. The molecule has 0 aliphatic rings. The van der Waals surface area contributed by atoms with Crippen molar-refractivity contribution in [3.05, 3.63) is 29.3 Å². The Labute approximate surface area is 115 Å². The van der Waals surface area contributed by atoms with Gasteiger partial charge < -0.3 is 14.7 Å². The van der Waals surface area contributed by atoms with Crippen LogP contribution in [0.5, 0.6) is 5.75 Å². The van der Waals surface area contributed by atoms with Crippen LogP contribution in [0.2, 0.25) is 0 Å². The highest BCUT2D eigenvalue weighted by Gasteiger charge is 2.14. The molecule has 19 heavy (non-hydrogen) atoms. The lowest BCUT2D eigenvalue weighted by molar-refractivity contribution is -0.141. The Morgan fingerprint density at radius 3 is 2.68 bits per heavy atom. The fourth-order valence-electron chi connectivity index (χ4n) is 2.13. The summed E-state index contributed by atoms with van der Waals surface area (Å²) in [5.74, 6) is -0.197. The first-order valence-corrected chi connectivity index (χ1v) is 6.55. The van der Waals surface area contributed by atoms with Crippen molar-refractivity contribution in [3.8, 4) is 5.75 Å². The summed E-state index contributed by atoms with van der Waals surface area (Å²) in [5.41, 5.74) is 2.36. The molecule has 0 aliphatic heterocycles. The normalized spacial score (nSPS) is 12.5. The van der Waals surface area contributed by atoms with E-state index in [0.717, 1.165) is 18.7 Å². The topological polar surface area (TPSA) is 49.8 Å². The number of nitrogens with zero attached hydrogens (tertiary/aromatic N) is 1. The summed E-state index contributed by atoms with van der Waals surface area (Å²) in [7, 11) is 3.62. The van der Waals surface area contributed by atoms with E-state index in [-0.39, 0.29) is 5.92 Å². The van der Waals surface area contributed by atoms with Gasteiger partial charge in [-0.15, -0.1) is 0 Å². The number of aliphatic carboxylic acids is 1. The maximum Gasteiger partial charge on any atom is 0.307 e. The minimum atomic E-state index is -0.754. The monoisotopic (exact) mass is 265 g/mol. The van der Waals surface area contributed by atoms with E-state index in [9.17, 15) is 4.79 Å². The molecule has 0 saturated heterocycles. The molecular formula is C15H23NO3. The first-order chi connectivity index (χ1) is 8.97. The van der Waals surface area contributed by atoms with Crippen LogP contribution in [0.4, 0.5) is 0 Å². The maximum atomic E-state index is 10.8. The Morgan fingerprint density at radius 2 is 2.16 bits per heavy atom. The predicted octanol–water partition coefficient (Wildman–Crippen LogP) is 2.41. The van der Waals surface area contributed by atoms with Gasteiger partial charge in [0.1, 0.15) is 5.75 Å². The van der Waals surface area contributed by atoms with E-state index < -0.39 is 5.97 Å². The standard InChI is InChI=1S/C15H23NO3/c1-5-13-8-12(6-7-14(13)19-4)10-16(3)9-11(2)15(17)18/h6-8,11H,5,9-10H2,1-4H3,(H,17,18). The zero-order chi connectivity index (χ0) is 14.4. The average Bonchev–Trinajstić information content (AvgIpc) is 2.38. The summed E-state index contributed by atoms with van der Waals surface area (Å²) in [6, 6.07) is 6.13. The molecule has 0 bridgehead atoms. The Bertz CT molecular complexity index is 431. The van der Waals surface area contributed by atoms with E-state index in [4.69, 9.17) is 9.84 Å². The Balaban J connectivity index is 2.69. The lowest BCUT2D eigenvalue weighted by atomic mass is 10.1. The first-order valence-electron chi connectivity index (χ1n) is 6.55. The van der Waals surface area contributed by atoms with Crippen LogP contribution in [0, 0.1) is 5.92 Å². The summed E-state index contributed by atoms with van der Waals surface area (Å²) in [6.45, 7) is 5.11. The maximum absolute atomic E-state index is 10.8. The van der Waals surface area contributed by atoms with Crippen molar-refractivity contribution in [1.29, 1.82) is 0 Å². The first kappa shape index (κ1) is 15.5. The molecule has 1 N–H and O–H groups in total. The number of hydrogen-bond acceptors (Lipinski definition) is 3. The van der Waals surface area contributed by atoms with Crippen LogP contribution < -0.4 is 4.74 Å². The number of carboxylic acids is 1. The van der Waals surface area contributed by atoms with Crippen LogP contribution in [0.3, 0.4) is 0 Å². The van der Waals surface area contributed by atoms with Crippen LogP contribution >= 0.6 is 0 Å². The number of ether oxygens (including phenoxy) is 1. The van der Waals surface area contributed by atoms with E-state index >= 15 is 0 Å². The van der Waals surface area contributed by atoms with Crippen LogP contribution in [0.15, 0.2) is 18.2 Å². The number of rotatable bonds is 7. The molecule has 0 spiro atoms. The summed E-state index contributed by atoms with van der Waals surface area (Å²) in [6.07, 6.45) is 0.923. The van der Waals surface area contributed by atoms with Crippen LogP contribution in [-0.2, 0) is 17.8 Å². The van der Waals surface area contributed by atoms with Crippen molar-refractivity contribution >= 4 is 5.97 Å². The van der Waals surface area contributed by atoms with Gasteiger partial charge in [-0.1, -0.05) is 26.0 Å². The molecule has 1 unspecified atom stereocenters. The molecule has 0 radical (unpaired) electrons. The van der Waals surface area contributed by atoms with Crippen LogP contribution in [0.1, 0.15) is 25.0 Å². The second-order valence-corrected chi connectivity index (χ2v) is 4.94. The number of carboxylic acid groups (broad SMARTS) is 1. The third-order valence-electron chi connectivity index (χ3n) is 3.19. The van der Waals surface area contributed by atoms with E-state index in [2.05, 4.69) is 13.0 Å². The van der Waals surface area contributed by atoms with E-state index in [0.29, 0.717) is 6.54 Å². The van der Waals surface area contributed by atoms with Gasteiger partial charge in [0.25, 0.3) is 0 Å². The quantitative estimate of drug-likeness (QED) is 0.822. The highest BCUT2D eigenvalue weighted by molar-refractivity contribution is 5.69. The summed E-state index contributed by atoms with van der Waals surface area (Å²) < 4.78 is 5.30. The van der Waals surface area contributed by atoms with Gasteiger partial charge in [-0.3, -0.25) is 4.79 Å². The Hall–Kier alpha value is -1.55. The molecule has 1 aromatic rings. The minimum absolute atomic E-state index is 0.353. The van der Waals surface area contributed by atoms with E-state index in [1.54, 1.807) is 14.0 Å². The average molecular weight is 265 g/mol. The van der Waals surface area contributed by atoms with Crippen molar-refractivity contribution in [3.63, 3.8) is 0 Å². The zero-order valence-electron chi connectivity index (χ0n) is 12.1. The van der Waals surface area contributed by atoms with Gasteiger partial charge in [-0.2, -0.15) is 0 Å². The predicted molar refractivity (Wildman–Crippen MR) is 75.5 cm³/mol. The lowest BCUT2D eigenvalue weighted by Gasteiger charge is -2.19. The number of hydrogen-bond donors (Lipinski definition) is 1. The van der Waals surface area contributed by atoms with Crippen molar-refractivity contribution in [2.24, 2.45) is 5.92 Å². The molecule has 0 fully saturated rings. The number of methoxy groups -OCH3 is 1. The fourth-order valence-corrected chi connectivity index (χ4v) is 2.13. The van der Waals surface area contributed by atoms with Gasteiger partial charge in [0.15, 0.2) is 0 Å². The zero-order valence-corrected chi connectivity index (χ0v) is 12.1. The molecule has 0 aromatic heterocycles. The Kier molecular flexibility index (Phi) is 5.83. The van der Waals surface area contributed by atoms with Gasteiger partial charge in [-0.05, 0) is 30.7 Å². The molecular weight excluding hydrogens is 242 g/mol. The van der Waals surface area contributed by atoms with Crippen molar-refractivity contribution in [2.75, 3.05) is 20.7 Å². The SMILES string of the molecule is CCc1cc(CN(C)CC(C)C(=O)O)ccc1OC. The van der Waals surface area contributed by atoms with Gasteiger partial charge >= 0.3 is 5.97 Å². The highest BCUT2D eigenvalue weighted by atomic mass is 16.5. The number of aryl methyl sites for hydroxylation is 1. The van der Waals surface area contributed by atoms with Gasteiger partial charge in [0.2, 0.25) is 0 Å². The second-order valence-electron chi connectivity index (χ2n) is 4.94.